The van der Waals surface area contributed by atoms with Crippen LogP contribution in [0, 0.1) is 5.41 Å². The Balaban J connectivity index is 2.21. The van der Waals surface area contributed by atoms with Gasteiger partial charge in [0.05, 0.1) is 0 Å². The van der Waals surface area contributed by atoms with Crippen LogP contribution in [0.15, 0.2) is 11.6 Å². The van der Waals surface area contributed by atoms with Gasteiger partial charge in [-0.3, -0.25) is 4.90 Å². The Morgan fingerprint density at radius 1 is 1.28 bits per heavy atom. The highest BCUT2D eigenvalue weighted by Gasteiger charge is 2.21. The van der Waals surface area contributed by atoms with Gasteiger partial charge in [0, 0.05) is 19.1 Å². The maximum absolute atomic E-state index is 3.76. The molecule has 106 valence electrons. The van der Waals surface area contributed by atoms with E-state index >= 15 is 0 Å². The number of piperidine rings is 1. The van der Waals surface area contributed by atoms with Crippen molar-refractivity contribution in [3.8, 4) is 0 Å². The van der Waals surface area contributed by atoms with E-state index < -0.39 is 0 Å². The summed E-state index contributed by atoms with van der Waals surface area (Å²) in [5.41, 5.74) is 1.87. The number of hydrogen-bond acceptors (Lipinski definition) is 2. The van der Waals surface area contributed by atoms with E-state index in [1.54, 1.807) is 0 Å². The molecule has 18 heavy (non-hydrogen) atoms. The minimum atomic E-state index is 0.444. The maximum Gasteiger partial charge on any atom is 0.0165 e. The highest BCUT2D eigenvalue weighted by molar-refractivity contribution is 4.95. The molecule has 1 aliphatic heterocycles. The van der Waals surface area contributed by atoms with Gasteiger partial charge in [-0.25, -0.2) is 0 Å². The largest absolute Gasteiger partial charge is 0.313 e. The quantitative estimate of drug-likeness (QED) is 0.729. The monoisotopic (exact) mass is 252 g/mol. The lowest BCUT2D eigenvalue weighted by Gasteiger charge is -2.34. The fraction of sp³-hybridized carbons (Fsp3) is 0.875. The second-order valence-corrected chi connectivity index (χ2v) is 6.76. The summed E-state index contributed by atoms with van der Waals surface area (Å²) in [5.74, 6) is 0. The molecule has 2 heteroatoms. The maximum atomic E-state index is 3.76. The van der Waals surface area contributed by atoms with Crippen LogP contribution < -0.4 is 5.32 Å². The molecule has 0 aromatic rings. The van der Waals surface area contributed by atoms with Gasteiger partial charge in [-0.1, -0.05) is 32.4 Å². The van der Waals surface area contributed by atoms with Crippen molar-refractivity contribution in [1.82, 2.24) is 10.2 Å². The summed E-state index contributed by atoms with van der Waals surface area (Å²) in [6.45, 7) is 16.1. The number of likely N-dealkylation sites (tertiary alicyclic amines) is 1. The third-order valence-corrected chi connectivity index (χ3v) is 4.17. The average Bonchev–Trinajstić information content (AvgIpc) is 2.35. The third kappa shape index (κ3) is 6.01. The first-order valence-corrected chi connectivity index (χ1v) is 7.52. The smallest absolute Gasteiger partial charge is 0.0165 e. The van der Waals surface area contributed by atoms with E-state index in [4.69, 9.17) is 0 Å². The molecule has 1 saturated heterocycles. The first-order chi connectivity index (χ1) is 8.43. The Morgan fingerprint density at radius 3 is 2.39 bits per heavy atom. The highest BCUT2D eigenvalue weighted by Crippen LogP contribution is 2.19. The molecule has 0 saturated carbocycles. The number of rotatable bonds is 6. The number of hydrogen-bond donors (Lipinski definition) is 1. The van der Waals surface area contributed by atoms with E-state index in [0.29, 0.717) is 5.41 Å². The summed E-state index contributed by atoms with van der Waals surface area (Å²) in [6.07, 6.45) is 6.19. The van der Waals surface area contributed by atoms with Gasteiger partial charge in [-0.05, 0) is 51.6 Å². The fourth-order valence-corrected chi connectivity index (χ4v) is 2.18. The molecule has 0 aromatic heterocycles. The van der Waals surface area contributed by atoms with Gasteiger partial charge in [0.25, 0.3) is 0 Å². The topological polar surface area (TPSA) is 15.3 Å². The summed E-state index contributed by atoms with van der Waals surface area (Å²) in [6, 6.07) is 0.735. The van der Waals surface area contributed by atoms with E-state index in [1.165, 1.54) is 37.9 Å². The Bertz CT molecular complexity index is 256. The minimum absolute atomic E-state index is 0.444. The van der Waals surface area contributed by atoms with Crippen LogP contribution in [0.2, 0.25) is 0 Å². The van der Waals surface area contributed by atoms with Gasteiger partial charge in [0.2, 0.25) is 0 Å². The lowest BCUT2D eigenvalue weighted by molar-refractivity contribution is 0.200. The zero-order valence-electron chi connectivity index (χ0n) is 13.1. The Hall–Kier alpha value is -0.340. The average molecular weight is 252 g/mol. The van der Waals surface area contributed by atoms with Gasteiger partial charge in [-0.15, -0.1) is 0 Å². The third-order valence-electron chi connectivity index (χ3n) is 4.17. The molecule has 0 aromatic carbocycles. The number of allylic oxidation sites excluding steroid dienone is 1. The second-order valence-electron chi connectivity index (χ2n) is 6.76. The summed E-state index contributed by atoms with van der Waals surface area (Å²) >= 11 is 0. The van der Waals surface area contributed by atoms with E-state index in [0.717, 1.165) is 19.1 Å². The molecule has 0 aliphatic carbocycles. The van der Waals surface area contributed by atoms with Crippen molar-refractivity contribution in [2.24, 2.45) is 5.41 Å². The predicted molar refractivity (Wildman–Crippen MR) is 81.0 cm³/mol. The standard InChI is InChI=1S/C16H32N2/c1-6-16(4,5)13-17-15-8-11-18(12-9-15)10-7-14(2)3/h7,15,17H,6,8-13H2,1-5H3. The molecular weight excluding hydrogens is 220 g/mol. The molecule has 0 spiro atoms. The molecule has 0 amide bonds. The minimum Gasteiger partial charge on any atom is -0.313 e. The zero-order valence-corrected chi connectivity index (χ0v) is 13.1. The molecule has 1 heterocycles. The molecule has 1 fully saturated rings. The van der Waals surface area contributed by atoms with Crippen molar-refractivity contribution in [3.05, 3.63) is 11.6 Å². The first-order valence-electron chi connectivity index (χ1n) is 7.52. The van der Waals surface area contributed by atoms with Crippen molar-refractivity contribution < 1.29 is 0 Å². The summed E-state index contributed by atoms with van der Waals surface area (Å²) in [7, 11) is 0. The molecule has 0 radical (unpaired) electrons. The molecule has 1 aliphatic rings. The lowest BCUT2D eigenvalue weighted by Crippen LogP contribution is -2.45. The second kappa shape index (κ2) is 7.30. The van der Waals surface area contributed by atoms with Gasteiger partial charge in [-0.2, -0.15) is 0 Å². The molecule has 0 atom stereocenters. The summed E-state index contributed by atoms with van der Waals surface area (Å²) in [4.78, 5) is 2.57. The van der Waals surface area contributed by atoms with Crippen molar-refractivity contribution in [1.29, 1.82) is 0 Å². The highest BCUT2D eigenvalue weighted by atomic mass is 15.1. The summed E-state index contributed by atoms with van der Waals surface area (Å²) in [5, 5.41) is 3.76. The van der Waals surface area contributed by atoms with Crippen molar-refractivity contribution in [3.63, 3.8) is 0 Å². The molecule has 2 nitrogen and oxygen atoms in total. The van der Waals surface area contributed by atoms with E-state index in [1.807, 2.05) is 0 Å². The van der Waals surface area contributed by atoms with Crippen LogP contribution in [0.4, 0.5) is 0 Å². The number of nitrogens with one attached hydrogen (secondary N) is 1. The first kappa shape index (κ1) is 15.7. The predicted octanol–water partition coefficient (Wildman–Crippen LogP) is 3.44. The summed E-state index contributed by atoms with van der Waals surface area (Å²) < 4.78 is 0. The van der Waals surface area contributed by atoms with Crippen LogP contribution in [0.1, 0.15) is 53.9 Å². The van der Waals surface area contributed by atoms with Crippen molar-refractivity contribution in [2.75, 3.05) is 26.2 Å². The van der Waals surface area contributed by atoms with Gasteiger partial charge >= 0.3 is 0 Å². The van der Waals surface area contributed by atoms with Crippen LogP contribution in [-0.4, -0.2) is 37.1 Å². The van der Waals surface area contributed by atoms with Gasteiger partial charge in [0.15, 0.2) is 0 Å². The molecule has 0 unspecified atom stereocenters. The Kier molecular flexibility index (Phi) is 6.37. The Morgan fingerprint density at radius 2 is 1.89 bits per heavy atom. The molecule has 1 rings (SSSR count). The zero-order chi connectivity index (χ0) is 13.6. The van der Waals surface area contributed by atoms with Crippen molar-refractivity contribution in [2.45, 2.75) is 59.9 Å². The molecule has 0 bridgehead atoms. The van der Waals surface area contributed by atoms with Gasteiger partial charge in [0.1, 0.15) is 0 Å². The molecular formula is C16H32N2. The Labute approximate surface area is 114 Å². The van der Waals surface area contributed by atoms with E-state index in [9.17, 15) is 0 Å². The van der Waals surface area contributed by atoms with Crippen LogP contribution >= 0.6 is 0 Å². The van der Waals surface area contributed by atoms with Crippen molar-refractivity contribution >= 4 is 0 Å². The molecule has 1 N–H and O–H groups in total. The van der Waals surface area contributed by atoms with Crippen LogP contribution in [0.3, 0.4) is 0 Å². The normalized spacial score (nSPS) is 18.9. The van der Waals surface area contributed by atoms with Crippen LogP contribution in [0.25, 0.3) is 0 Å². The van der Waals surface area contributed by atoms with Crippen LogP contribution in [0.5, 0.6) is 0 Å². The SMILES string of the molecule is CCC(C)(C)CNC1CCN(CC=C(C)C)CC1. The lowest BCUT2D eigenvalue weighted by atomic mass is 9.89. The fourth-order valence-electron chi connectivity index (χ4n) is 2.18. The van der Waals surface area contributed by atoms with E-state index in [2.05, 4.69) is 50.9 Å². The van der Waals surface area contributed by atoms with Gasteiger partial charge < -0.3 is 5.32 Å². The number of nitrogens with zero attached hydrogens (tertiary/aromatic N) is 1. The van der Waals surface area contributed by atoms with Crippen LogP contribution in [-0.2, 0) is 0 Å². The van der Waals surface area contributed by atoms with E-state index in [-0.39, 0.29) is 0 Å².